The van der Waals surface area contributed by atoms with Crippen molar-refractivity contribution in [1.82, 2.24) is 0 Å². The van der Waals surface area contributed by atoms with Gasteiger partial charge in [-0.25, -0.2) is 0 Å². The molecule has 0 aliphatic rings. The molecule has 18 heavy (non-hydrogen) atoms. The maximum atomic E-state index is 12.2. The second-order valence-electron chi connectivity index (χ2n) is 4.58. The molecule has 0 amide bonds. The van der Waals surface area contributed by atoms with Gasteiger partial charge in [0.15, 0.2) is 5.43 Å². The monoisotopic (exact) mass is 246 g/mol. The maximum Gasteiger partial charge on any atom is 0.195 e. The number of phenolic OH excluding ortho intramolecular Hbond substituents is 1. The zero-order valence-corrected chi connectivity index (χ0v) is 10.6. The Labute approximate surface area is 106 Å². The highest BCUT2D eigenvalue weighted by molar-refractivity contribution is 5.78. The molecule has 1 heterocycles. The smallest absolute Gasteiger partial charge is 0.195 e. The minimum absolute atomic E-state index is 0.0211. The Balaban J connectivity index is 2.23. The Kier molecular flexibility index (Phi) is 4.03. The lowest BCUT2D eigenvalue weighted by Crippen LogP contribution is -2.08. The van der Waals surface area contributed by atoms with Gasteiger partial charge in [0, 0.05) is 11.6 Å². The van der Waals surface area contributed by atoms with Gasteiger partial charge in [0.2, 0.25) is 0 Å². The van der Waals surface area contributed by atoms with E-state index >= 15 is 0 Å². The number of aryl methyl sites for hydroxylation is 1. The third-order valence-electron chi connectivity index (χ3n) is 3.13. The van der Waals surface area contributed by atoms with Crippen LogP contribution in [0.5, 0.6) is 5.75 Å². The molecule has 2 rings (SSSR count). The summed E-state index contributed by atoms with van der Waals surface area (Å²) in [6.45, 7) is 2.16. The summed E-state index contributed by atoms with van der Waals surface area (Å²) in [6, 6.07) is 4.60. The fourth-order valence-corrected chi connectivity index (χ4v) is 2.07. The molecule has 2 aromatic rings. The number of benzene rings is 1. The van der Waals surface area contributed by atoms with Crippen molar-refractivity contribution < 1.29 is 9.52 Å². The molecule has 1 aromatic carbocycles. The first-order valence-corrected chi connectivity index (χ1v) is 6.45. The van der Waals surface area contributed by atoms with Gasteiger partial charge < -0.3 is 9.52 Å². The van der Waals surface area contributed by atoms with Crippen LogP contribution in [0.3, 0.4) is 0 Å². The van der Waals surface area contributed by atoms with Gasteiger partial charge in [-0.1, -0.05) is 26.2 Å². The van der Waals surface area contributed by atoms with Crippen LogP contribution < -0.4 is 5.43 Å². The molecule has 96 valence electrons. The molecule has 1 N–H and O–H groups in total. The fraction of sp³-hybridized carbons (Fsp3) is 0.400. The van der Waals surface area contributed by atoms with Crippen LogP contribution in [0, 0.1) is 0 Å². The van der Waals surface area contributed by atoms with Gasteiger partial charge in [0.25, 0.3) is 0 Å². The van der Waals surface area contributed by atoms with Crippen molar-refractivity contribution in [2.24, 2.45) is 0 Å². The van der Waals surface area contributed by atoms with Crippen LogP contribution in [-0.2, 0) is 6.42 Å². The van der Waals surface area contributed by atoms with Crippen molar-refractivity contribution in [2.45, 2.75) is 39.0 Å². The van der Waals surface area contributed by atoms with E-state index in [2.05, 4.69) is 6.92 Å². The molecule has 1 aromatic heterocycles. The fourth-order valence-electron chi connectivity index (χ4n) is 2.07. The van der Waals surface area contributed by atoms with E-state index in [1.807, 2.05) is 0 Å². The van der Waals surface area contributed by atoms with E-state index in [0.29, 0.717) is 11.0 Å². The van der Waals surface area contributed by atoms with Crippen molar-refractivity contribution in [2.75, 3.05) is 0 Å². The highest BCUT2D eigenvalue weighted by Gasteiger charge is 2.07. The number of hydrogen-bond acceptors (Lipinski definition) is 3. The Hall–Kier alpha value is -1.77. The Morgan fingerprint density at radius 2 is 2.06 bits per heavy atom. The summed E-state index contributed by atoms with van der Waals surface area (Å²) in [5, 5.41) is 9.87. The van der Waals surface area contributed by atoms with E-state index in [4.69, 9.17) is 4.42 Å². The van der Waals surface area contributed by atoms with Crippen LogP contribution in [0.2, 0.25) is 0 Å². The van der Waals surface area contributed by atoms with Gasteiger partial charge in [-0.3, -0.25) is 4.79 Å². The highest BCUT2D eigenvalue weighted by Crippen LogP contribution is 2.18. The van der Waals surface area contributed by atoms with Crippen LogP contribution >= 0.6 is 0 Å². The largest absolute Gasteiger partial charge is 0.508 e. The van der Waals surface area contributed by atoms with Gasteiger partial charge in [0.05, 0.1) is 11.6 Å². The van der Waals surface area contributed by atoms with E-state index in [1.54, 1.807) is 6.07 Å². The van der Waals surface area contributed by atoms with E-state index in [-0.39, 0.29) is 11.2 Å². The van der Waals surface area contributed by atoms with E-state index in [0.717, 1.165) is 24.8 Å². The summed E-state index contributed by atoms with van der Waals surface area (Å²) >= 11 is 0. The molecule has 0 spiro atoms. The molecule has 0 aliphatic carbocycles. The van der Waals surface area contributed by atoms with E-state index < -0.39 is 0 Å². The molecule has 0 aliphatic heterocycles. The summed E-state index contributed by atoms with van der Waals surface area (Å²) < 4.78 is 5.40. The summed E-state index contributed by atoms with van der Waals surface area (Å²) in [4.78, 5) is 12.2. The Bertz CT molecular complexity index is 584. The van der Waals surface area contributed by atoms with Crippen molar-refractivity contribution in [1.29, 1.82) is 0 Å². The van der Waals surface area contributed by atoms with Crippen molar-refractivity contribution >= 4 is 11.0 Å². The Morgan fingerprint density at radius 3 is 2.83 bits per heavy atom. The summed E-state index contributed by atoms with van der Waals surface area (Å²) in [5.74, 6) is 0.112. The molecule has 0 atom stereocenters. The zero-order valence-electron chi connectivity index (χ0n) is 10.6. The third kappa shape index (κ3) is 2.73. The van der Waals surface area contributed by atoms with Crippen LogP contribution in [0.25, 0.3) is 11.0 Å². The second-order valence-corrected chi connectivity index (χ2v) is 4.58. The van der Waals surface area contributed by atoms with Crippen molar-refractivity contribution in [3.05, 3.63) is 40.2 Å². The number of rotatable bonds is 5. The predicted octanol–water partition coefficient (Wildman–Crippen LogP) is 3.62. The number of fused-ring (bicyclic) bond motifs is 1. The van der Waals surface area contributed by atoms with Crippen molar-refractivity contribution in [3.8, 4) is 5.75 Å². The summed E-state index contributed by atoms with van der Waals surface area (Å²) in [7, 11) is 0. The quantitative estimate of drug-likeness (QED) is 0.820. The average molecular weight is 246 g/mol. The predicted molar refractivity (Wildman–Crippen MR) is 72.0 cm³/mol. The first kappa shape index (κ1) is 12.7. The lowest BCUT2D eigenvalue weighted by molar-refractivity contribution is 0.474. The molecule has 0 saturated carbocycles. The molecule has 0 saturated heterocycles. The average Bonchev–Trinajstić information content (AvgIpc) is 2.37. The summed E-state index contributed by atoms with van der Waals surface area (Å²) in [6.07, 6.45) is 6.83. The van der Waals surface area contributed by atoms with E-state index in [9.17, 15) is 9.90 Å². The van der Waals surface area contributed by atoms with Gasteiger partial charge in [-0.05, 0) is 25.0 Å². The van der Waals surface area contributed by atoms with Crippen LogP contribution in [-0.4, -0.2) is 5.11 Å². The standard InChI is InChI=1S/C15H18O3/c1-2-3-4-5-6-11-10-18-14-9-12(16)7-8-13(14)15(11)17/h7-10,16H,2-6H2,1H3. The minimum atomic E-state index is 0.0211. The van der Waals surface area contributed by atoms with Crippen LogP contribution in [0.1, 0.15) is 38.2 Å². The topological polar surface area (TPSA) is 50.4 Å². The first-order chi connectivity index (χ1) is 8.72. The number of phenols is 1. The SMILES string of the molecule is CCCCCCc1coc2cc(O)ccc2c1=O. The molecule has 3 heteroatoms. The maximum absolute atomic E-state index is 12.2. The minimum Gasteiger partial charge on any atom is -0.508 e. The molecular formula is C15H18O3. The third-order valence-corrected chi connectivity index (χ3v) is 3.13. The van der Waals surface area contributed by atoms with Crippen LogP contribution in [0.4, 0.5) is 0 Å². The zero-order chi connectivity index (χ0) is 13.0. The van der Waals surface area contributed by atoms with Gasteiger partial charge in [0.1, 0.15) is 11.3 Å². The number of hydrogen-bond donors (Lipinski definition) is 1. The summed E-state index contributed by atoms with van der Waals surface area (Å²) in [5.41, 5.74) is 1.19. The molecule has 0 fully saturated rings. The highest BCUT2D eigenvalue weighted by atomic mass is 16.3. The molecule has 0 unspecified atom stereocenters. The van der Waals surface area contributed by atoms with Crippen molar-refractivity contribution in [3.63, 3.8) is 0 Å². The molecule has 0 radical (unpaired) electrons. The lowest BCUT2D eigenvalue weighted by Gasteiger charge is -2.02. The molecule has 3 nitrogen and oxygen atoms in total. The Morgan fingerprint density at radius 1 is 1.22 bits per heavy atom. The molecule has 0 bridgehead atoms. The number of unbranched alkanes of at least 4 members (excludes halogenated alkanes) is 3. The van der Waals surface area contributed by atoms with E-state index in [1.165, 1.54) is 31.2 Å². The number of aromatic hydroxyl groups is 1. The second kappa shape index (κ2) is 5.71. The first-order valence-electron chi connectivity index (χ1n) is 6.45. The lowest BCUT2D eigenvalue weighted by atomic mass is 10.1. The van der Waals surface area contributed by atoms with Crippen LogP contribution in [0.15, 0.2) is 33.7 Å². The van der Waals surface area contributed by atoms with Gasteiger partial charge in [-0.2, -0.15) is 0 Å². The van der Waals surface area contributed by atoms with Gasteiger partial charge in [-0.15, -0.1) is 0 Å². The normalized spacial score (nSPS) is 10.9. The molecular weight excluding hydrogens is 228 g/mol. The van der Waals surface area contributed by atoms with Gasteiger partial charge >= 0.3 is 0 Å².